The summed E-state index contributed by atoms with van der Waals surface area (Å²) in [5.41, 5.74) is 9.29. The van der Waals surface area contributed by atoms with Crippen LogP contribution in [0.25, 0.3) is 37.2 Å². The molecule has 0 aliphatic heterocycles. The van der Waals surface area contributed by atoms with Crippen LogP contribution in [0.15, 0.2) is 90.1 Å². The third-order valence-corrected chi connectivity index (χ3v) is 8.65. The van der Waals surface area contributed by atoms with E-state index in [1.807, 2.05) is 22.9 Å². The van der Waals surface area contributed by atoms with Crippen LogP contribution in [-0.2, 0) is 19.4 Å². The number of benzene rings is 3. The SMILES string of the molecule is C=CCCc1cccc(NCc2csc(-c3cc(CC)cc4sccc34)c2-n2nnc3ccccc32)c1. The Bertz CT molecular complexity index is 1710. The first kappa shape index (κ1) is 23.6. The fourth-order valence-corrected chi connectivity index (χ4v) is 6.75. The fourth-order valence-electron chi connectivity index (χ4n) is 4.79. The zero-order valence-electron chi connectivity index (χ0n) is 20.8. The minimum atomic E-state index is 0.700. The Balaban J connectivity index is 1.46. The zero-order chi connectivity index (χ0) is 25.2. The van der Waals surface area contributed by atoms with E-state index in [2.05, 4.69) is 94.5 Å². The molecule has 37 heavy (non-hydrogen) atoms. The quantitative estimate of drug-likeness (QED) is 0.194. The Morgan fingerprint density at radius 3 is 2.81 bits per heavy atom. The molecule has 3 aromatic heterocycles. The number of allylic oxidation sites excluding steroid dienone is 1. The summed E-state index contributed by atoms with van der Waals surface area (Å²) in [5, 5.41) is 18.5. The molecule has 6 aromatic rings. The van der Waals surface area contributed by atoms with Crippen LogP contribution in [0.4, 0.5) is 5.69 Å². The average molecular weight is 521 g/mol. The average Bonchev–Trinajstić information content (AvgIpc) is 3.68. The largest absolute Gasteiger partial charge is 0.381 e. The second-order valence-electron chi connectivity index (χ2n) is 9.14. The lowest BCUT2D eigenvalue weighted by atomic mass is 10.0. The predicted octanol–water partition coefficient (Wildman–Crippen LogP) is 8.66. The van der Waals surface area contributed by atoms with Gasteiger partial charge in [-0.1, -0.05) is 42.5 Å². The number of hydrogen-bond acceptors (Lipinski definition) is 5. The number of aryl methyl sites for hydroxylation is 2. The van der Waals surface area contributed by atoms with Gasteiger partial charge in [-0.25, -0.2) is 4.68 Å². The molecule has 1 N–H and O–H groups in total. The molecule has 3 heterocycles. The first-order chi connectivity index (χ1) is 18.2. The summed E-state index contributed by atoms with van der Waals surface area (Å²) in [4.78, 5) is 1.23. The van der Waals surface area contributed by atoms with Crippen molar-refractivity contribution in [2.75, 3.05) is 5.32 Å². The number of anilines is 1. The van der Waals surface area contributed by atoms with Gasteiger partial charge in [0.1, 0.15) is 5.52 Å². The Morgan fingerprint density at radius 2 is 1.92 bits per heavy atom. The highest BCUT2D eigenvalue weighted by Gasteiger charge is 2.21. The number of para-hydroxylation sites is 1. The Hall–Kier alpha value is -3.74. The van der Waals surface area contributed by atoms with Gasteiger partial charge in [0.25, 0.3) is 0 Å². The van der Waals surface area contributed by atoms with E-state index in [9.17, 15) is 0 Å². The van der Waals surface area contributed by atoms with Gasteiger partial charge < -0.3 is 5.32 Å². The molecule has 0 aliphatic rings. The lowest BCUT2D eigenvalue weighted by Gasteiger charge is -2.13. The molecule has 0 atom stereocenters. The van der Waals surface area contributed by atoms with Gasteiger partial charge in [-0.05, 0) is 83.6 Å². The van der Waals surface area contributed by atoms with Crippen molar-refractivity contribution < 1.29 is 0 Å². The van der Waals surface area contributed by atoms with Gasteiger partial charge in [0.15, 0.2) is 0 Å². The maximum absolute atomic E-state index is 4.64. The van der Waals surface area contributed by atoms with Gasteiger partial charge in [0.05, 0.1) is 16.1 Å². The Labute approximate surface area is 224 Å². The molecule has 0 aliphatic carbocycles. The van der Waals surface area contributed by atoms with Gasteiger partial charge in [0, 0.05) is 33.4 Å². The molecule has 0 bridgehead atoms. The van der Waals surface area contributed by atoms with Crippen molar-refractivity contribution in [2.24, 2.45) is 0 Å². The number of aromatic nitrogens is 3. The maximum atomic E-state index is 4.64. The number of fused-ring (bicyclic) bond motifs is 2. The topological polar surface area (TPSA) is 42.7 Å². The van der Waals surface area contributed by atoms with Crippen molar-refractivity contribution in [1.29, 1.82) is 0 Å². The molecule has 184 valence electrons. The lowest BCUT2D eigenvalue weighted by molar-refractivity contribution is 0.819. The van der Waals surface area contributed by atoms with Crippen LogP contribution in [0, 0.1) is 0 Å². The van der Waals surface area contributed by atoms with Crippen LogP contribution in [0.2, 0.25) is 0 Å². The highest BCUT2D eigenvalue weighted by Crippen LogP contribution is 2.42. The van der Waals surface area contributed by atoms with E-state index in [1.54, 1.807) is 22.7 Å². The summed E-state index contributed by atoms with van der Waals surface area (Å²) in [6, 6.07) is 23.8. The summed E-state index contributed by atoms with van der Waals surface area (Å²) in [5.74, 6) is 0. The van der Waals surface area contributed by atoms with E-state index < -0.39 is 0 Å². The maximum Gasteiger partial charge on any atom is 0.113 e. The Kier molecular flexibility index (Phi) is 6.60. The Morgan fingerprint density at radius 1 is 1.00 bits per heavy atom. The first-order valence-electron chi connectivity index (χ1n) is 12.6. The molecule has 0 unspecified atom stereocenters. The first-order valence-corrected chi connectivity index (χ1v) is 14.4. The van der Waals surface area contributed by atoms with E-state index in [4.69, 9.17) is 0 Å². The third-order valence-electron chi connectivity index (χ3n) is 6.73. The minimum Gasteiger partial charge on any atom is -0.381 e. The van der Waals surface area contributed by atoms with Crippen molar-refractivity contribution >= 4 is 49.5 Å². The molecule has 6 heteroatoms. The molecule has 6 rings (SSSR count). The van der Waals surface area contributed by atoms with Crippen LogP contribution < -0.4 is 5.32 Å². The van der Waals surface area contributed by atoms with Gasteiger partial charge in [-0.2, -0.15) is 0 Å². The summed E-state index contributed by atoms with van der Waals surface area (Å²) in [7, 11) is 0. The molecule has 0 saturated heterocycles. The third kappa shape index (κ3) is 4.59. The smallest absolute Gasteiger partial charge is 0.113 e. The van der Waals surface area contributed by atoms with Gasteiger partial charge in [-0.3, -0.25) is 0 Å². The minimum absolute atomic E-state index is 0.700. The van der Waals surface area contributed by atoms with Crippen LogP contribution in [0.3, 0.4) is 0 Å². The summed E-state index contributed by atoms with van der Waals surface area (Å²) in [6.07, 6.45) is 4.96. The fraction of sp³-hybridized carbons (Fsp3) is 0.161. The zero-order valence-corrected chi connectivity index (χ0v) is 22.4. The normalized spacial score (nSPS) is 11.4. The highest BCUT2D eigenvalue weighted by atomic mass is 32.1. The predicted molar refractivity (Wildman–Crippen MR) is 159 cm³/mol. The number of hydrogen-bond donors (Lipinski definition) is 1. The van der Waals surface area contributed by atoms with E-state index in [1.165, 1.54) is 37.2 Å². The van der Waals surface area contributed by atoms with Gasteiger partial charge in [0.2, 0.25) is 0 Å². The molecular weight excluding hydrogens is 493 g/mol. The van der Waals surface area contributed by atoms with E-state index in [0.29, 0.717) is 6.54 Å². The number of thiophene rings is 2. The molecule has 0 fully saturated rings. The monoisotopic (exact) mass is 520 g/mol. The van der Waals surface area contributed by atoms with Crippen molar-refractivity contribution in [3.05, 3.63) is 107 Å². The number of nitrogens with one attached hydrogen (secondary N) is 1. The van der Waals surface area contributed by atoms with Crippen molar-refractivity contribution in [1.82, 2.24) is 15.0 Å². The molecule has 0 amide bonds. The molecule has 0 spiro atoms. The van der Waals surface area contributed by atoms with Crippen LogP contribution in [0.1, 0.15) is 30.0 Å². The second kappa shape index (κ2) is 10.3. The van der Waals surface area contributed by atoms with E-state index in [0.717, 1.165) is 41.7 Å². The standard InChI is InChI=1S/C31H28N4S2/c1-3-5-9-22-10-8-11-24(16-22)32-19-23-20-37-31(26-17-21(4-2)18-29-25(26)14-15-36-29)30(23)35-28-13-7-6-12-27(28)33-34-35/h3,6-8,10-18,20,32H,1,4-5,9,19H2,2H3. The van der Waals surface area contributed by atoms with E-state index >= 15 is 0 Å². The summed E-state index contributed by atoms with van der Waals surface area (Å²) in [6.45, 7) is 6.78. The van der Waals surface area contributed by atoms with Crippen LogP contribution in [-0.4, -0.2) is 15.0 Å². The highest BCUT2D eigenvalue weighted by molar-refractivity contribution is 7.17. The van der Waals surface area contributed by atoms with Crippen molar-refractivity contribution in [3.63, 3.8) is 0 Å². The summed E-state index contributed by atoms with van der Waals surface area (Å²) < 4.78 is 3.35. The number of rotatable bonds is 9. The second-order valence-corrected chi connectivity index (χ2v) is 11.0. The van der Waals surface area contributed by atoms with Crippen LogP contribution in [0.5, 0.6) is 0 Å². The molecular formula is C31H28N4S2. The molecule has 4 nitrogen and oxygen atoms in total. The molecule has 0 radical (unpaired) electrons. The van der Waals surface area contributed by atoms with E-state index in [-0.39, 0.29) is 0 Å². The number of nitrogens with zero attached hydrogens (tertiary/aromatic N) is 3. The van der Waals surface area contributed by atoms with Crippen LogP contribution >= 0.6 is 22.7 Å². The lowest BCUT2D eigenvalue weighted by Crippen LogP contribution is -2.05. The molecule has 3 aromatic carbocycles. The van der Waals surface area contributed by atoms with Crippen molar-refractivity contribution in [2.45, 2.75) is 32.7 Å². The van der Waals surface area contributed by atoms with Crippen molar-refractivity contribution in [3.8, 4) is 16.1 Å². The van der Waals surface area contributed by atoms with Gasteiger partial charge >= 0.3 is 0 Å². The van der Waals surface area contributed by atoms with Gasteiger partial charge in [-0.15, -0.1) is 34.4 Å². The molecule has 0 saturated carbocycles. The summed E-state index contributed by atoms with van der Waals surface area (Å²) >= 11 is 3.59.